The van der Waals surface area contributed by atoms with Gasteiger partial charge in [-0.3, -0.25) is 4.98 Å². The third-order valence-electron chi connectivity index (χ3n) is 1.79. The van der Waals surface area contributed by atoms with E-state index in [2.05, 4.69) is 4.98 Å². The normalized spacial score (nSPS) is 9.92. The Morgan fingerprint density at radius 1 is 1.31 bits per heavy atom. The molecule has 66 valence electrons. The lowest BCUT2D eigenvalue weighted by Gasteiger charge is -1.99. The summed E-state index contributed by atoms with van der Waals surface area (Å²) in [5.74, 6) is 0.757. The van der Waals surface area contributed by atoms with Gasteiger partial charge >= 0.3 is 0 Å². The molecule has 0 unspecified atom stereocenters. The van der Waals surface area contributed by atoms with Crippen molar-refractivity contribution in [1.82, 2.24) is 4.98 Å². The van der Waals surface area contributed by atoms with E-state index >= 15 is 0 Å². The first-order valence-electron chi connectivity index (χ1n) is 3.93. The zero-order valence-corrected chi connectivity index (χ0v) is 7.23. The smallest absolute Gasteiger partial charge is 0.137 e. The highest BCUT2D eigenvalue weighted by Crippen LogP contribution is 2.19. The molecular weight excluding hydrogens is 166 g/mol. The molecule has 0 aliphatic heterocycles. The van der Waals surface area contributed by atoms with Crippen molar-refractivity contribution in [3.8, 4) is 17.0 Å². The van der Waals surface area contributed by atoms with E-state index in [0.717, 1.165) is 17.0 Å². The Bertz CT molecular complexity index is 364. The maximum absolute atomic E-state index is 5.00. The van der Waals surface area contributed by atoms with Gasteiger partial charge in [0.15, 0.2) is 0 Å². The van der Waals surface area contributed by atoms with E-state index < -0.39 is 0 Å². The summed E-state index contributed by atoms with van der Waals surface area (Å²) in [5, 5.41) is 0. The quantitative estimate of drug-likeness (QED) is 0.702. The summed E-state index contributed by atoms with van der Waals surface area (Å²) in [7, 11) is 1.62. The standard InChI is InChI=1S/C10H9NO2/c1-12-9-2-3-10(11-6-9)8-4-5-13-7-8/h2-7H,1H3. The molecule has 0 saturated carbocycles. The van der Waals surface area contributed by atoms with Gasteiger partial charge in [0.05, 0.1) is 31.5 Å². The SMILES string of the molecule is COc1ccc(-c2ccoc2)nc1. The zero-order valence-electron chi connectivity index (χ0n) is 7.23. The first-order valence-corrected chi connectivity index (χ1v) is 3.93. The first-order chi connectivity index (χ1) is 6.40. The summed E-state index contributed by atoms with van der Waals surface area (Å²) in [6.45, 7) is 0. The molecule has 3 heteroatoms. The second-order valence-electron chi connectivity index (χ2n) is 2.60. The molecule has 0 atom stereocenters. The Labute approximate surface area is 76.0 Å². The van der Waals surface area contributed by atoms with Crippen molar-refractivity contribution in [3.63, 3.8) is 0 Å². The van der Waals surface area contributed by atoms with Crippen LogP contribution in [0.25, 0.3) is 11.3 Å². The van der Waals surface area contributed by atoms with Gasteiger partial charge < -0.3 is 9.15 Å². The van der Waals surface area contributed by atoms with Crippen molar-refractivity contribution in [2.75, 3.05) is 7.11 Å². The molecule has 0 aromatic carbocycles. The number of aromatic nitrogens is 1. The van der Waals surface area contributed by atoms with Crippen LogP contribution < -0.4 is 4.74 Å². The molecule has 0 bridgehead atoms. The fraction of sp³-hybridized carbons (Fsp3) is 0.100. The summed E-state index contributed by atoms with van der Waals surface area (Å²) in [5.41, 5.74) is 1.86. The van der Waals surface area contributed by atoms with Gasteiger partial charge in [-0.2, -0.15) is 0 Å². The van der Waals surface area contributed by atoms with Crippen molar-refractivity contribution < 1.29 is 9.15 Å². The predicted molar refractivity (Wildman–Crippen MR) is 48.5 cm³/mol. The molecule has 2 heterocycles. The van der Waals surface area contributed by atoms with Crippen molar-refractivity contribution in [2.24, 2.45) is 0 Å². The van der Waals surface area contributed by atoms with Crippen molar-refractivity contribution in [3.05, 3.63) is 36.9 Å². The zero-order chi connectivity index (χ0) is 9.10. The fourth-order valence-corrected chi connectivity index (χ4v) is 1.08. The minimum Gasteiger partial charge on any atom is -0.495 e. The van der Waals surface area contributed by atoms with E-state index in [1.165, 1.54) is 0 Å². The highest BCUT2D eigenvalue weighted by atomic mass is 16.5. The number of hydrogen-bond acceptors (Lipinski definition) is 3. The molecule has 0 spiro atoms. The third kappa shape index (κ3) is 1.54. The highest BCUT2D eigenvalue weighted by Gasteiger charge is 1.99. The summed E-state index contributed by atoms with van der Waals surface area (Å²) < 4.78 is 9.95. The van der Waals surface area contributed by atoms with Gasteiger partial charge in [0.2, 0.25) is 0 Å². The summed E-state index contributed by atoms with van der Waals surface area (Å²) in [6, 6.07) is 5.63. The van der Waals surface area contributed by atoms with Crippen molar-refractivity contribution in [2.45, 2.75) is 0 Å². The van der Waals surface area contributed by atoms with Gasteiger partial charge in [0, 0.05) is 5.56 Å². The van der Waals surface area contributed by atoms with Crippen LogP contribution in [-0.4, -0.2) is 12.1 Å². The second kappa shape index (κ2) is 3.31. The van der Waals surface area contributed by atoms with E-state index in [4.69, 9.17) is 9.15 Å². The maximum atomic E-state index is 5.00. The van der Waals surface area contributed by atoms with Crippen LogP contribution in [0.4, 0.5) is 0 Å². The Morgan fingerprint density at radius 3 is 2.77 bits per heavy atom. The topological polar surface area (TPSA) is 35.3 Å². The minimum absolute atomic E-state index is 0.757. The van der Waals surface area contributed by atoms with Crippen molar-refractivity contribution >= 4 is 0 Å². The van der Waals surface area contributed by atoms with Crippen LogP contribution in [0.1, 0.15) is 0 Å². The molecule has 0 N–H and O–H groups in total. The highest BCUT2D eigenvalue weighted by molar-refractivity contribution is 5.57. The maximum Gasteiger partial charge on any atom is 0.137 e. The van der Waals surface area contributed by atoms with Crippen LogP contribution in [0.15, 0.2) is 41.3 Å². The van der Waals surface area contributed by atoms with Crippen LogP contribution in [-0.2, 0) is 0 Å². The number of pyridine rings is 1. The van der Waals surface area contributed by atoms with Crippen molar-refractivity contribution in [1.29, 1.82) is 0 Å². The van der Waals surface area contributed by atoms with E-state index in [9.17, 15) is 0 Å². The van der Waals surface area contributed by atoms with E-state index in [1.807, 2.05) is 18.2 Å². The molecule has 3 nitrogen and oxygen atoms in total. The lowest BCUT2D eigenvalue weighted by Crippen LogP contribution is -1.85. The Morgan fingerprint density at radius 2 is 2.23 bits per heavy atom. The largest absolute Gasteiger partial charge is 0.495 e. The molecule has 2 aromatic rings. The molecule has 13 heavy (non-hydrogen) atoms. The van der Waals surface area contributed by atoms with Crippen LogP contribution in [0.2, 0.25) is 0 Å². The number of furan rings is 1. The number of rotatable bonds is 2. The first kappa shape index (κ1) is 7.86. The number of methoxy groups -OCH3 is 1. The Balaban J connectivity index is 2.33. The van der Waals surface area contributed by atoms with Crippen LogP contribution >= 0.6 is 0 Å². The van der Waals surface area contributed by atoms with E-state index in [1.54, 1.807) is 25.8 Å². The summed E-state index contributed by atoms with van der Waals surface area (Å²) in [6.07, 6.45) is 4.97. The Kier molecular flexibility index (Phi) is 2.00. The molecule has 0 aliphatic carbocycles. The molecule has 0 amide bonds. The monoisotopic (exact) mass is 175 g/mol. The molecule has 0 saturated heterocycles. The van der Waals surface area contributed by atoms with Crippen LogP contribution in [0.5, 0.6) is 5.75 Å². The molecule has 0 radical (unpaired) electrons. The lowest BCUT2D eigenvalue weighted by atomic mass is 10.2. The third-order valence-corrected chi connectivity index (χ3v) is 1.79. The molecule has 0 fully saturated rings. The molecule has 0 aliphatic rings. The summed E-state index contributed by atoms with van der Waals surface area (Å²) in [4.78, 5) is 4.21. The minimum atomic E-state index is 0.757. The average Bonchev–Trinajstić information content (AvgIpc) is 2.71. The van der Waals surface area contributed by atoms with E-state index in [-0.39, 0.29) is 0 Å². The van der Waals surface area contributed by atoms with Gasteiger partial charge in [-0.1, -0.05) is 0 Å². The Hall–Kier alpha value is -1.77. The molecule has 2 rings (SSSR count). The number of hydrogen-bond donors (Lipinski definition) is 0. The van der Waals surface area contributed by atoms with Gasteiger partial charge in [-0.05, 0) is 18.2 Å². The number of ether oxygens (including phenoxy) is 1. The van der Waals surface area contributed by atoms with E-state index in [0.29, 0.717) is 0 Å². The van der Waals surface area contributed by atoms with Gasteiger partial charge in [0.25, 0.3) is 0 Å². The number of nitrogens with zero attached hydrogens (tertiary/aromatic N) is 1. The second-order valence-corrected chi connectivity index (χ2v) is 2.60. The van der Waals surface area contributed by atoms with Crippen LogP contribution in [0.3, 0.4) is 0 Å². The van der Waals surface area contributed by atoms with Gasteiger partial charge in [-0.15, -0.1) is 0 Å². The van der Waals surface area contributed by atoms with Gasteiger partial charge in [0.1, 0.15) is 5.75 Å². The molecular formula is C10H9NO2. The average molecular weight is 175 g/mol. The fourth-order valence-electron chi connectivity index (χ4n) is 1.08. The van der Waals surface area contributed by atoms with Crippen LogP contribution in [0, 0.1) is 0 Å². The van der Waals surface area contributed by atoms with Gasteiger partial charge in [-0.25, -0.2) is 0 Å². The molecule has 2 aromatic heterocycles. The lowest BCUT2D eigenvalue weighted by molar-refractivity contribution is 0.413. The predicted octanol–water partition coefficient (Wildman–Crippen LogP) is 2.35. The summed E-state index contributed by atoms with van der Waals surface area (Å²) >= 11 is 0.